The summed E-state index contributed by atoms with van der Waals surface area (Å²) in [6.45, 7) is 48.3. The molecule has 0 atom stereocenters. The van der Waals surface area contributed by atoms with Crippen molar-refractivity contribution in [2.24, 2.45) is 0 Å². The van der Waals surface area contributed by atoms with Crippen LogP contribution in [-0.2, 0) is 0 Å². The lowest BCUT2D eigenvalue weighted by atomic mass is 10.1. The molecule has 5 heterocycles. The smallest absolute Gasteiger partial charge is 0.160 e. The van der Waals surface area contributed by atoms with Crippen molar-refractivity contribution < 1.29 is 0 Å². The summed E-state index contributed by atoms with van der Waals surface area (Å²) in [5, 5.41) is 0. The Morgan fingerprint density at radius 1 is 0.250 bits per heavy atom. The van der Waals surface area contributed by atoms with Crippen LogP contribution in [0.15, 0.2) is 0 Å². The van der Waals surface area contributed by atoms with E-state index < -0.39 is 0 Å². The van der Waals surface area contributed by atoms with Crippen LogP contribution in [0.25, 0.3) is 44.9 Å². The summed E-state index contributed by atoms with van der Waals surface area (Å²) in [5.74, 6) is 2.59. The number of hydrogen-bond acceptors (Lipinski definition) is 6. The van der Waals surface area contributed by atoms with Crippen LogP contribution >= 0.6 is 0 Å². The molecule has 3 aromatic heterocycles. The van der Waals surface area contributed by atoms with E-state index in [1.807, 2.05) is 166 Å². The maximum Gasteiger partial charge on any atom is 0.160 e. The molecule has 8 bridgehead atoms. The lowest BCUT2D eigenvalue weighted by Gasteiger charge is -1.95. The zero-order valence-electron chi connectivity index (χ0n) is 35.7. The Hall–Kier alpha value is -3.68. The van der Waals surface area contributed by atoms with Gasteiger partial charge in [-0.3, -0.25) is 0 Å². The molecule has 2 aliphatic heterocycles. The normalized spacial score (nSPS) is 10.3. The highest BCUT2D eigenvalue weighted by atomic mass is 15.1. The average molecular weight is 667 g/mol. The van der Waals surface area contributed by atoms with Gasteiger partial charge in [-0.1, -0.05) is 111 Å². The molecular formula is C40H74N8. The molecular weight excluding hydrogens is 592 g/mol. The van der Waals surface area contributed by atoms with Crippen LogP contribution in [0.3, 0.4) is 0 Å². The Kier molecular flexibility index (Phi) is 30.2. The second kappa shape index (κ2) is 28.3. The van der Waals surface area contributed by atoms with E-state index >= 15 is 0 Å². The SMILES string of the molecule is CC.CC.CC.CC.CC.CC.CC.CC.CC1=C(C)c2nc1nc1nc(nc3[nH]c(nc4[nH]c(n2)c(C)c4C)c(C)c3C)C(C)=C1C. The molecule has 8 heteroatoms. The Morgan fingerprint density at radius 3 is 0.625 bits per heavy atom. The van der Waals surface area contributed by atoms with Gasteiger partial charge >= 0.3 is 0 Å². The lowest BCUT2D eigenvalue weighted by Crippen LogP contribution is -1.91. The van der Waals surface area contributed by atoms with Crippen LogP contribution in [0.5, 0.6) is 0 Å². The number of hydrogen-bond donors (Lipinski definition) is 2. The van der Waals surface area contributed by atoms with E-state index in [1.165, 1.54) is 0 Å². The zero-order chi connectivity index (χ0) is 38.9. The van der Waals surface area contributed by atoms with Gasteiger partial charge < -0.3 is 9.97 Å². The van der Waals surface area contributed by atoms with Crippen molar-refractivity contribution in [1.82, 2.24) is 39.9 Å². The van der Waals surface area contributed by atoms with Gasteiger partial charge in [0.05, 0.1) is 0 Å². The molecule has 274 valence electrons. The van der Waals surface area contributed by atoms with E-state index in [-0.39, 0.29) is 0 Å². The molecule has 0 aromatic carbocycles. The Labute approximate surface area is 295 Å². The van der Waals surface area contributed by atoms with Gasteiger partial charge in [0.25, 0.3) is 0 Å². The molecule has 8 nitrogen and oxygen atoms in total. The summed E-state index contributed by atoms with van der Waals surface area (Å²) in [5.41, 5.74) is 11.3. The highest BCUT2D eigenvalue weighted by Gasteiger charge is 2.20. The summed E-state index contributed by atoms with van der Waals surface area (Å²) in [6, 6.07) is 0. The van der Waals surface area contributed by atoms with E-state index in [1.54, 1.807) is 0 Å². The fourth-order valence-electron chi connectivity index (χ4n) is 3.82. The number of aryl methyl sites for hydroxylation is 4. The van der Waals surface area contributed by atoms with Crippen LogP contribution in [-0.4, -0.2) is 39.9 Å². The fourth-order valence-corrected chi connectivity index (χ4v) is 3.82. The number of allylic oxidation sites excluding steroid dienone is 4. The number of aromatic amines is 2. The molecule has 2 aliphatic rings. The molecule has 0 fully saturated rings. The standard InChI is InChI=1S/C24H26N8.8C2H6/c1-9-10(2)18-25-17(9)29-19-11(3)12(4)21(26-19)31-23-15(7)16(8)24(28-23)32-22-14(6)13(5)20(27-22)30-18;8*1-2/h1-8H3,(H2,25,26,27,28,29,30,31,32);8*1-2H3. The second-order valence-electron chi connectivity index (χ2n) is 8.61. The quantitative estimate of drug-likeness (QED) is 0.247. The molecule has 48 heavy (non-hydrogen) atoms. The summed E-state index contributed by atoms with van der Waals surface area (Å²) >= 11 is 0. The van der Waals surface area contributed by atoms with Crippen molar-refractivity contribution in [3.05, 3.63) is 45.6 Å². The molecule has 0 radical (unpaired) electrons. The number of nitrogens with zero attached hydrogens (tertiary/aromatic N) is 6. The molecule has 0 unspecified atom stereocenters. The first-order chi connectivity index (χ1) is 23.2. The van der Waals surface area contributed by atoms with E-state index in [0.717, 1.165) is 67.1 Å². The van der Waals surface area contributed by atoms with Crippen LogP contribution in [0, 0.1) is 27.7 Å². The maximum atomic E-state index is 4.88. The van der Waals surface area contributed by atoms with Gasteiger partial charge in [0.15, 0.2) is 23.3 Å². The highest BCUT2D eigenvalue weighted by molar-refractivity contribution is 5.90. The third kappa shape index (κ3) is 12.4. The first kappa shape index (κ1) is 51.2. The van der Waals surface area contributed by atoms with Crippen molar-refractivity contribution in [1.29, 1.82) is 0 Å². The van der Waals surface area contributed by atoms with Gasteiger partial charge in [-0.25, -0.2) is 29.9 Å². The van der Waals surface area contributed by atoms with Crippen LogP contribution in [0.4, 0.5) is 0 Å². The van der Waals surface area contributed by atoms with Crippen molar-refractivity contribution in [3.8, 4) is 0 Å². The number of H-pyrrole nitrogens is 2. The minimum Gasteiger partial charge on any atom is -0.324 e. The van der Waals surface area contributed by atoms with Crippen molar-refractivity contribution in [2.45, 2.75) is 166 Å². The van der Waals surface area contributed by atoms with Crippen LogP contribution in [0.2, 0.25) is 0 Å². The Morgan fingerprint density at radius 2 is 0.417 bits per heavy atom. The summed E-state index contributed by atoms with van der Waals surface area (Å²) in [6.07, 6.45) is 0. The first-order valence-electron chi connectivity index (χ1n) is 18.7. The number of aromatic nitrogens is 8. The number of fused-ring (bicyclic) bond motifs is 8. The van der Waals surface area contributed by atoms with Gasteiger partial charge in [-0.2, -0.15) is 0 Å². The summed E-state index contributed by atoms with van der Waals surface area (Å²) < 4.78 is 0. The molecule has 5 rings (SSSR count). The molecule has 0 saturated carbocycles. The third-order valence-corrected chi connectivity index (χ3v) is 6.78. The highest BCUT2D eigenvalue weighted by Crippen LogP contribution is 2.30. The largest absolute Gasteiger partial charge is 0.324 e. The lowest BCUT2D eigenvalue weighted by molar-refractivity contribution is 1.05. The monoisotopic (exact) mass is 667 g/mol. The molecule has 0 amide bonds. The minimum atomic E-state index is 0.639. The molecule has 3 aromatic rings. The van der Waals surface area contributed by atoms with E-state index in [4.69, 9.17) is 29.9 Å². The van der Waals surface area contributed by atoms with Gasteiger partial charge in [-0.05, 0) is 77.6 Å². The second-order valence-corrected chi connectivity index (χ2v) is 8.61. The maximum absolute atomic E-state index is 4.88. The van der Waals surface area contributed by atoms with Crippen LogP contribution in [0.1, 0.15) is 184 Å². The van der Waals surface area contributed by atoms with E-state index in [9.17, 15) is 0 Å². The van der Waals surface area contributed by atoms with Crippen LogP contribution < -0.4 is 0 Å². The third-order valence-electron chi connectivity index (χ3n) is 6.78. The van der Waals surface area contributed by atoms with Gasteiger partial charge in [0.2, 0.25) is 0 Å². The Bertz CT molecular complexity index is 1440. The van der Waals surface area contributed by atoms with Crippen molar-refractivity contribution >= 4 is 44.9 Å². The van der Waals surface area contributed by atoms with Gasteiger partial charge in [-0.15, -0.1) is 0 Å². The average Bonchev–Trinajstić information content (AvgIpc) is 3.79. The van der Waals surface area contributed by atoms with E-state index in [0.29, 0.717) is 23.3 Å². The number of rotatable bonds is 0. The topological polar surface area (TPSA) is 109 Å². The zero-order valence-corrected chi connectivity index (χ0v) is 35.7. The predicted octanol–water partition coefficient (Wildman–Crippen LogP) is 13.2. The van der Waals surface area contributed by atoms with Gasteiger partial charge in [0.1, 0.15) is 22.6 Å². The van der Waals surface area contributed by atoms with Crippen molar-refractivity contribution in [3.63, 3.8) is 0 Å². The molecule has 2 N–H and O–H groups in total. The van der Waals surface area contributed by atoms with E-state index in [2.05, 4.69) is 9.97 Å². The Balaban J connectivity index is -0.000000533. The number of nitrogens with one attached hydrogen (secondary N) is 2. The fraction of sp³-hybridized carbons (Fsp3) is 0.600. The van der Waals surface area contributed by atoms with Gasteiger partial charge in [0, 0.05) is 22.3 Å². The predicted molar refractivity (Wildman–Crippen MR) is 218 cm³/mol. The summed E-state index contributed by atoms with van der Waals surface area (Å²) in [7, 11) is 0. The van der Waals surface area contributed by atoms with Crippen molar-refractivity contribution in [2.75, 3.05) is 0 Å². The molecule has 0 saturated heterocycles. The molecule has 0 aliphatic carbocycles. The minimum absolute atomic E-state index is 0.639. The molecule has 0 spiro atoms. The summed E-state index contributed by atoms with van der Waals surface area (Å²) in [4.78, 5) is 35.5. The first-order valence-corrected chi connectivity index (χ1v) is 18.7.